The van der Waals surface area contributed by atoms with Crippen LogP contribution >= 0.6 is 0 Å². The molecule has 1 aromatic carbocycles. The van der Waals surface area contributed by atoms with E-state index in [2.05, 4.69) is 43.5 Å². The Labute approximate surface area is 177 Å². The summed E-state index contributed by atoms with van der Waals surface area (Å²) in [5, 5.41) is 14.5. The van der Waals surface area contributed by atoms with E-state index in [1.807, 2.05) is 26.8 Å². The number of alkyl carbamates (subject to hydrolysis) is 1. The van der Waals surface area contributed by atoms with Crippen molar-refractivity contribution in [3.05, 3.63) is 24.3 Å². The average molecular weight is 414 g/mol. The summed E-state index contributed by atoms with van der Waals surface area (Å²) in [5.41, 5.74) is -0.485. The molecule has 4 rings (SSSR count). The first-order chi connectivity index (χ1) is 14.4. The van der Waals surface area contributed by atoms with Crippen molar-refractivity contribution < 1.29 is 14.3 Å². The van der Waals surface area contributed by atoms with E-state index in [1.165, 1.54) is 0 Å². The van der Waals surface area contributed by atoms with Crippen LogP contribution in [0.15, 0.2) is 24.3 Å². The van der Waals surface area contributed by atoms with Gasteiger partial charge in [0.05, 0.1) is 13.2 Å². The fourth-order valence-electron chi connectivity index (χ4n) is 4.03. The van der Waals surface area contributed by atoms with Gasteiger partial charge in [-0.1, -0.05) is 24.3 Å². The number of hydrogen-bond donors (Lipinski definition) is 1. The number of fused-ring (bicyclic) bond motifs is 1. The molecule has 30 heavy (non-hydrogen) atoms. The first-order valence-corrected chi connectivity index (χ1v) is 10.7. The smallest absolute Gasteiger partial charge is 0.407 e. The summed E-state index contributed by atoms with van der Waals surface area (Å²) in [6.45, 7) is 10.4. The van der Waals surface area contributed by atoms with Gasteiger partial charge in [-0.2, -0.15) is 0 Å². The highest BCUT2D eigenvalue weighted by atomic mass is 16.6. The van der Waals surface area contributed by atoms with Crippen molar-refractivity contribution in [2.45, 2.75) is 45.3 Å². The summed E-state index contributed by atoms with van der Waals surface area (Å²) in [7, 11) is 0. The van der Waals surface area contributed by atoms with Gasteiger partial charge in [-0.05, 0) is 33.6 Å². The molecule has 8 heteroatoms. The number of anilines is 2. The van der Waals surface area contributed by atoms with Gasteiger partial charge in [0.25, 0.3) is 0 Å². The Hall–Kier alpha value is -2.61. The number of morpholine rings is 1. The monoisotopic (exact) mass is 413 g/mol. The molecular weight excluding hydrogens is 382 g/mol. The molecule has 1 aromatic heterocycles. The first-order valence-electron chi connectivity index (χ1n) is 10.7. The number of hydrogen-bond acceptors (Lipinski definition) is 7. The highest BCUT2D eigenvalue weighted by Crippen LogP contribution is 2.32. The van der Waals surface area contributed by atoms with Crippen LogP contribution in [0.4, 0.5) is 16.4 Å². The van der Waals surface area contributed by atoms with Crippen LogP contribution in [-0.2, 0) is 9.47 Å². The zero-order valence-corrected chi connectivity index (χ0v) is 18.1. The second-order valence-electron chi connectivity index (χ2n) is 8.90. The molecule has 162 valence electrons. The van der Waals surface area contributed by atoms with Crippen LogP contribution in [-0.4, -0.2) is 67.3 Å². The van der Waals surface area contributed by atoms with E-state index >= 15 is 0 Å². The van der Waals surface area contributed by atoms with Gasteiger partial charge in [0.1, 0.15) is 5.60 Å². The third-order valence-electron chi connectivity index (χ3n) is 5.47. The Kier molecular flexibility index (Phi) is 5.94. The Morgan fingerprint density at radius 2 is 1.53 bits per heavy atom. The number of benzene rings is 1. The van der Waals surface area contributed by atoms with E-state index in [0.29, 0.717) is 0 Å². The lowest BCUT2D eigenvalue weighted by molar-refractivity contribution is 0.0497. The van der Waals surface area contributed by atoms with Crippen LogP contribution in [0.5, 0.6) is 0 Å². The van der Waals surface area contributed by atoms with E-state index < -0.39 is 5.60 Å². The van der Waals surface area contributed by atoms with Gasteiger partial charge < -0.3 is 24.6 Å². The molecule has 0 aliphatic carbocycles. The van der Waals surface area contributed by atoms with Crippen LogP contribution in [0.1, 0.15) is 33.6 Å². The Morgan fingerprint density at radius 1 is 1.00 bits per heavy atom. The average Bonchev–Trinajstić information content (AvgIpc) is 2.73. The van der Waals surface area contributed by atoms with Gasteiger partial charge in [0.15, 0.2) is 11.6 Å². The summed E-state index contributed by atoms with van der Waals surface area (Å²) in [6, 6.07) is 8.45. The van der Waals surface area contributed by atoms with Crippen molar-refractivity contribution in [2.75, 3.05) is 49.2 Å². The lowest BCUT2D eigenvalue weighted by atomic mass is 10.0. The number of carbonyl (C=O) groups excluding carboxylic acids is 1. The fourth-order valence-corrected chi connectivity index (χ4v) is 4.03. The van der Waals surface area contributed by atoms with Crippen LogP contribution in [0, 0.1) is 0 Å². The molecule has 0 bridgehead atoms. The van der Waals surface area contributed by atoms with Crippen molar-refractivity contribution in [3.63, 3.8) is 0 Å². The molecular formula is C22H31N5O3. The highest BCUT2D eigenvalue weighted by molar-refractivity contribution is 5.99. The molecule has 2 aromatic rings. The van der Waals surface area contributed by atoms with E-state index in [4.69, 9.17) is 9.47 Å². The number of piperidine rings is 1. The fraction of sp³-hybridized carbons (Fsp3) is 0.591. The Balaban J connectivity index is 1.46. The second-order valence-corrected chi connectivity index (χ2v) is 8.90. The number of ether oxygens (including phenoxy) is 2. The minimum Gasteiger partial charge on any atom is -0.444 e. The summed E-state index contributed by atoms with van der Waals surface area (Å²) >= 11 is 0. The predicted octanol–water partition coefficient (Wildman–Crippen LogP) is 2.96. The highest BCUT2D eigenvalue weighted by Gasteiger charge is 2.26. The van der Waals surface area contributed by atoms with Crippen molar-refractivity contribution in [2.24, 2.45) is 0 Å². The normalized spacial score (nSPS) is 18.5. The molecule has 3 heterocycles. The SMILES string of the molecule is CC(C)(C)OC(=O)NC1CCN(c2nnc(N3CCOCC3)c3ccccc23)CC1. The van der Waals surface area contributed by atoms with Gasteiger partial charge in [0, 0.05) is 43.0 Å². The molecule has 1 N–H and O–H groups in total. The number of aromatic nitrogens is 2. The van der Waals surface area contributed by atoms with Crippen LogP contribution < -0.4 is 15.1 Å². The summed E-state index contributed by atoms with van der Waals surface area (Å²) in [4.78, 5) is 16.6. The van der Waals surface area contributed by atoms with Gasteiger partial charge in [-0.3, -0.25) is 0 Å². The van der Waals surface area contributed by atoms with Gasteiger partial charge in [-0.15, -0.1) is 10.2 Å². The molecule has 0 unspecified atom stereocenters. The standard InChI is InChI=1S/C22H31N5O3/c1-22(2,3)30-21(28)23-16-8-10-26(11-9-16)19-17-6-4-5-7-18(17)20(25-24-19)27-12-14-29-15-13-27/h4-7,16H,8-15H2,1-3H3,(H,23,28). The third-order valence-corrected chi connectivity index (χ3v) is 5.47. The zero-order valence-electron chi connectivity index (χ0n) is 18.1. The van der Waals surface area contributed by atoms with E-state index in [0.717, 1.165) is 74.6 Å². The van der Waals surface area contributed by atoms with Gasteiger partial charge in [0.2, 0.25) is 0 Å². The van der Waals surface area contributed by atoms with Crippen LogP contribution in [0.2, 0.25) is 0 Å². The largest absolute Gasteiger partial charge is 0.444 e. The van der Waals surface area contributed by atoms with Crippen molar-refractivity contribution in [3.8, 4) is 0 Å². The Bertz CT molecular complexity index is 884. The van der Waals surface area contributed by atoms with E-state index in [-0.39, 0.29) is 12.1 Å². The molecule has 8 nitrogen and oxygen atoms in total. The number of carbonyl (C=O) groups is 1. The maximum absolute atomic E-state index is 12.1. The molecule has 0 spiro atoms. The summed E-state index contributed by atoms with van der Waals surface area (Å²) in [5.74, 6) is 1.84. The zero-order chi connectivity index (χ0) is 21.1. The third kappa shape index (κ3) is 4.75. The quantitative estimate of drug-likeness (QED) is 0.829. The van der Waals surface area contributed by atoms with E-state index in [1.54, 1.807) is 0 Å². The van der Waals surface area contributed by atoms with Crippen molar-refractivity contribution in [1.82, 2.24) is 15.5 Å². The van der Waals surface area contributed by atoms with Crippen LogP contribution in [0.3, 0.4) is 0 Å². The maximum Gasteiger partial charge on any atom is 0.407 e. The topological polar surface area (TPSA) is 79.8 Å². The minimum absolute atomic E-state index is 0.114. The number of nitrogens with one attached hydrogen (secondary N) is 1. The van der Waals surface area contributed by atoms with Gasteiger partial charge in [-0.25, -0.2) is 4.79 Å². The summed E-state index contributed by atoms with van der Waals surface area (Å²) < 4.78 is 10.9. The molecule has 2 fully saturated rings. The Morgan fingerprint density at radius 3 is 2.07 bits per heavy atom. The number of amides is 1. The molecule has 0 radical (unpaired) electrons. The van der Waals surface area contributed by atoms with Gasteiger partial charge >= 0.3 is 6.09 Å². The second kappa shape index (κ2) is 8.63. The minimum atomic E-state index is -0.485. The van der Waals surface area contributed by atoms with Crippen LogP contribution in [0.25, 0.3) is 10.8 Å². The molecule has 2 aliphatic rings. The molecule has 1 amide bonds. The predicted molar refractivity (Wildman–Crippen MR) is 117 cm³/mol. The molecule has 0 atom stereocenters. The molecule has 2 aliphatic heterocycles. The molecule has 2 saturated heterocycles. The molecule has 0 saturated carbocycles. The maximum atomic E-state index is 12.1. The first kappa shape index (κ1) is 20.7. The lowest BCUT2D eigenvalue weighted by Crippen LogP contribution is -2.46. The van der Waals surface area contributed by atoms with Crippen molar-refractivity contribution in [1.29, 1.82) is 0 Å². The summed E-state index contributed by atoms with van der Waals surface area (Å²) in [6.07, 6.45) is 1.35. The number of rotatable bonds is 3. The van der Waals surface area contributed by atoms with Crippen molar-refractivity contribution >= 4 is 28.5 Å². The number of nitrogens with zero attached hydrogens (tertiary/aromatic N) is 4. The van der Waals surface area contributed by atoms with E-state index in [9.17, 15) is 4.79 Å². The lowest BCUT2D eigenvalue weighted by Gasteiger charge is -2.34.